The summed E-state index contributed by atoms with van der Waals surface area (Å²) in [6.07, 6.45) is 2.63. The van der Waals surface area contributed by atoms with Crippen LogP contribution >= 0.6 is 0 Å². The van der Waals surface area contributed by atoms with Crippen LogP contribution in [-0.2, 0) is 6.42 Å². The Balaban J connectivity index is 2.11. The molecular formula is C11H13N. The summed E-state index contributed by atoms with van der Waals surface area (Å²) in [6, 6.07) is 8.97. The third-order valence-electron chi connectivity index (χ3n) is 3.33. The fourth-order valence-corrected chi connectivity index (χ4v) is 2.50. The lowest BCUT2D eigenvalue weighted by molar-refractivity contribution is 0.537. The van der Waals surface area contributed by atoms with Gasteiger partial charge in [0.15, 0.2) is 0 Å². The van der Waals surface area contributed by atoms with Crippen molar-refractivity contribution in [1.82, 2.24) is 0 Å². The summed E-state index contributed by atoms with van der Waals surface area (Å²) in [5.74, 6) is 1.72. The monoisotopic (exact) mass is 159 g/mol. The molecule has 2 aliphatic rings. The second-order valence-electron chi connectivity index (χ2n) is 4.09. The molecule has 3 rings (SSSR count). The van der Waals surface area contributed by atoms with Crippen LogP contribution in [0.2, 0.25) is 0 Å². The van der Waals surface area contributed by atoms with Crippen molar-refractivity contribution >= 4 is 0 Å². The Morgan fingerprint density at radius 2 is 2.08 bits per heavy atom. The first kappa shape index (κ1) is 6.67. The predicted octanol–water partition coefficient (Wildman–Crippen LogP) is 1.88. The maximum Gasteiger partial charge on any atom is 0.0329 e. The van der Waals surface area contributed by atoms with Crippen molar-refractivity contribution in [3.05, 3.63) is 35.4 Å². The molecule has 62 valence electrons. The van der Waals surface area contributed by atoms with Gasteiger partial charge in [-0.05, 0) is 35.8 Å². The number of nitrogens with two attached hydrogens (primary N) is 1. The molecule has 0 spiro atoms. The molecule has 0 heterocycles. The minimum atomic E-state index is 0.333. The average Bonchev–Trinajstić information content (AvgIpc) is 2.84. The van der Waals surface area contributed by atoms with Crippen LogP contribution in [0.3, 0.4) is 0 Å². The molecule has 1 saturated carbocycles. The van der Waals surface area contributed by atoms with E-state index >= 15 is 0 Å². The molecule has 3 atom stereocenters. The van der Waals surface area contributed by atoms with Gasteiger partial charge < -0.3 is 5.73 Å². The van der Waals surface area contributed by atoms with E-state index < -0.39 is 0 Å². The molecule has 1 nitrogen and oxygen atoms in total. The van der Waals surface area contributed by atoms with Gasteiger partial charge in [-0.1, -0.05) is 24.3 Å². The second-order valence-corrected chi connectivity index (χ2v) is 4.09. The summed E-state index contributed by atoms with van der Waals surface area (Å²) >= 11 is 0. The molecule has 0 saturated heterocycles. The topological polar surface area (TPSA) is 26.0 Å². The van der Waals surface area contributed by atoms with Crippen LogP contribution < -0.4 is 5.73 Å². The fraction of sp³-hybridized carbons (Fsp3) is 0.455. The molecule has 0 radical (unpaired) electrons. The van der Waals surface area contributed by atoms with E-state index in [9.17, 15) is 0 Å². The van der Waals surface area contributed by atoms with E-state index in [0.717, 1.165) is 11.8 Å². The Kier molecular flexibility index (Phi) is 1.17. The zero-order valence-electron chi connectivity index (χ0n) is 7.03. The quantitative estimate of drug-likeness (QED) is 0.614. The van der Waals surface area contributed by atoms with Gasteiger partial charge in [0.25, 0.3) is 0 Å². The van der Waals surface area contributed by atoms with Crippen molar-refractivity contribution in [2.45, 2.75) is 18.9 Å². The summed E-state index contributed by atoms with van der Waals surface area (Å²) in [6.45, 7) is 0. The van der Waals surface area contributed by atoms with Crippen molar-refractivity contribution in [2.75, 3.05) is 0 Å². The zero-order chi connectivity index (χ0) is 8.13. The van der Waals surface area contributed by atoms with Gasteiger partial charge in [-0.3, -0.25) is 0 Å². The Hall–Kier alpha value is -0.820. The van der Waals surface area contributed by atoms with Crippen molar-refractivity contribution in [3.8, 4) is 0 Å². The van der Waals surface area contributed by atoms with E-state index in [0.29, 0.717) is 6.04 Å². The molecular weight excluding hydrogens is 146 g/mol. The van der Waals surface area contributed by atoms with Gasteiger partial charge in [-0.15, -0.1) is 0 Å². The number of fused-ring (bicyclic) bond motifs is 2. The van der Waals surface area contributed by atoms with Gasteiger partial charge in [0, 0.05) is 6.04 Å². The molecule has 3 unspecified atom stereocenters. The van der Waals surface area contributed by atoms with E-state index in [2.05, 4.69) is 24.3 Å². The molecule has 0 aliphatic heterocycles. The maximum atomic E-state index is 6.13. The van der Waals surface area contributed by atoms with Crippen molar-refractivity contribution in [3.63, 3.8) is 0 Å². The maximum absolute atomic E-state index is 6.13. The predicted molar refractivity (Wildman–Crippen MR) is 48.7 cm³/mol. The first-order chi connectivity index (χ1) is 5.86. The lowest BCUT2D eigenvalue weighted by atomic mass is 9.88. The summed E-state index contributed by atoms with van der Waals surface area (Å²) in [5.41, 5.74) is 9.02. The molecule has 1 fully saturated rings. The van der Waals surface area contributed by atoms with E-state index in [1.54, 1.807) is 0 Å². The van der Waals surface area contributed by atoms with Gasteiger partial charge in [0.05, 0.1) is 0 Å². The second kappa shape index (κ2) is 2.11. The SMILES string of the molecule is NC1c2ccccc2CC2CC21. The Morgan fingerprint density at radius 1 is 1.25 bits per heavy atom. The summed E-state index contributed by atoms with van der Waals surface area (Å²) in [5, 5.41) is 0. The highest BCUT2D eigenvalue weighted by molar-refractivity contribution is 5.35. The average molecular weight is 159 g/mol. The number of benzene rings is 1. The first-order valence-corrected chi connectivity index (χ1v) is 4.69. The highest BCUT2D eigenvalue weighted by Crippen LogP contribution is 2.52. The molecule has 1 heteroatoms. The number of rotatable bonds is 0. The highest BCUT2D eigenvalue weighted by atomic mass is 14.7. The minimum absolute atomic E-state index is 0.333. The minimum Gasteiger partial charge on any atom is -0.324 e. The van der Waals surface area contributed by atoms with Crippen LogP contribution in [0.15, 0.2) is 24.3 Å². The highest BCUT2D eigenvalue weighted by Gasteiger charge is 2.45. The van der Waals surface area contributed by atoms with Crippen LogP contribution in [0.5, 0.6) is 0 Å². The van der Waals surface area contributed by atoms with Crippen LogP contribution in [-0.4, -0.2) is 0 Å². The number of hydrogen-bond donors (Lipinski definition) is 1. The molecule has 1 aromatic rings. The van der Waals surface area contributed by atoms with Crippen molar-refractivity contribution in [2.24, 2.45) is 17.6 Å². The van der Waals surface area contributed by atoms with Crippen LogP contribution in [0, 0.1) is 11.8 Å². The molecule has 0 amide bonds. The molecule has 0 bridgehead atoms. The Labute approximate surface area is 72.6 Å². The van der Waals surface area contributed by atoms with Gasteiger partial charge >= 0.3 is 0 Å². The molecule has 2 aliphatic carbocycles. The first-order valence-electron chi connectivity index (χ1n) is 4.69. The van der Waals surface area contributed by atoms with E-state index in [-0.39, 0.29) is 0 Å². The van der Waals surface area contributed by atoms with Crippen LogP contribution in [0.4, 0.5) is 0 Å². The lowest BCUT2D eigenvalue weighted by Crippen LogP contribution is -2.19. The Morgan fingerprint density at radius 3 is 3.00 bits per heavy atom. The largest absolute Gasteiger partial charge is 0.324 e. The van der Waals surface area contributed by atoms with Gasteiger partial charge in [-0.25, -0.2) is 0 Å². The van der Waals surface area contributed by atoms with Crippen molar-refractivity contribution < 1.29 is 0 Å². The van der Waals surface area contributed by atoms with E-state index in [4.69, 9.17) is 5.73 Å². The van der Waals surface area contributed by atoms with Crippen LogP contribution in [0.1, 0.15) is 23.6 Å². The third-order valence-corrected chi connectivity index (χ3v) is 3.33. The van der Waals surface area contributed by atoms with Gasteiger partial charge in [0.1, 0.15) is 0 Å². The molecule has 1 aromatic carbocycles. The van der Waals surface area contributed by atoms with Crippen molar-refractivity contribution in [1.29, 1.82) is 0 Å². The summed E-state index contributed by atoms with van der Waals surface area (Å²) in [7, 11) is 0. The number of hydrogen-bond acceptors (Lipinski definition) is 1. The standard InChI is InChI=1S/C11H13N/c12-11-9-4-2-1-3-7(9)5-8-6-10(8)11/h1-4,8,10-11H,5-6,12H2. The normalized spacial score (nSPS) is 36.9. The van der Waals surface area contributed by atoms with Gasteiger partial charge in [0.2, 0.25) is 0 Å². The lowest BCUT2D eigenvalue weighted by Gasteiger charge is -2.21. The molecule has 12 heavy (non-hydrogen) atoms. The van der Waals surface area contributed by atoms with Crippen LogP contribution in [0.25, 0.3) is 0 Å². The van der Waals surface area contributed by atoms with E-state index in [1.165, 1.54) is 24.0 Å². The Bertz CT molecular complexity index is 319. The smallest absolute Gasteiger partial charge is 0.0329 e. The third kappa shape index (κ3) is 0.774. The van der Waals surface area contributed by atoms with E-state index in [1.807, 2.05) is 0 Å². The fourth-order valence-electron chi connectivity index (χ4n) is 2.50. The molecule has 0 aromatic heterocycles. The molecule has 2 N–H and O–H groups in total. The van der Waals surface area contributed by atoms with Gasteiger partial charge in [-0.2, -0.15) is 0 Å². The zero-order valence-corrected chi connectivity index (χ0v) is 7.03. The summed E-state index contributed by atoms with van der Waals surface area (Å²) < 4.78 is 0. The summed E-state index contributed by atoms with van der Waals surface area (Å²) in [4.78, 5) is 0.